The zero-order valence-corrected chi connectivity index (χ0v) is 26.8. The highest BCUT2D eigenvalue weighted by atomic mass is 32.2. The van der Waals surface area contributed by atoms with Gasteiger partial charge in [-0.15, -0.1) is 0 Å². The number of ether oxygens (including phenoxy) is 1. The third-order valence-corrected chi connectivity index (χ3v) is 9.37. The molecule has 0 fully saturated rings. The molecule has 2 amide bonds. The summed E-state index contributed by atoms with van der Waals surface area (Å²) >= 11 is 0. The molecule has 4 aromatic rings. The van der Waals surface area contributed by atoms with Crippen LogP contribution in [0, 0.1) is 0 Å². The van der Waals surface area contributed by atoms with E-state index in [0.717, 1.165) is 16.3 Å². The molecule has 8 nitrogen and oxygen atoms in total. The van der Waals surface area contributed by atoms with Crippen LogP contribution in [0.2, 0.25) is 0 Å². The average Bonchev–Trinajstić information content (AvgIpc) is 3.07. The van der Waals surface area contributed by atoms with Crippen LogP contribution < -0.4 is 14.4 Å². The van der Waals surface area contributed by atoms with Crippen molar-refractivity contribution in [2.24, 2.45) is 0 Å². The van der Waals surface area contributed by atoms with Gasteiger partial charge >= 0.3 is 0 Å². The Bertz CT molecular complexity index is 1620. The van der Waals surface area contributed by atoms with E-state index in [2.05, 4.69) is 5.32 Å². The lowest BCUT2D eigenvalue weighted by atomic mass is 10.1. The summed E-state index contributed by atoms with van der Waals surface area (Å²) in [6.07, 6.45) is 1.63. The van der Waals surface area contributed by atoms with E-state index in [-0.39, 0.29) is 23.4 Å². The average molecular weight is 628 g/mol. The molecule has 9 heteroatoms. The number of para-hydroxylation sites is 1. The van der Waals surface area contributed by atoms with Crippen LogP contribution in [-0.4, -0.2) is 50.3 Å². The molecule has 0 unspecified atom stereocenters. The first-order valence-corrected chi connectivity index (χ1v) is 16.7. The van der Waals surface area contributed by atoms with Gasteiger partial charge in [-0.1, -0.05) is 80.6 Å². The van der Waals surface area contributed by atoms with Crippen molar-refractivity contribution in [3.8, 4) is 11.5 Å². The second-order valence-corrected chi connectivity index (χ2v) is 12.7. The number of sulfonamides is 1. The van der Waals surface area contributed by atoms with E-state index in [9.17, 15) is 18.0 Å². The summed E-state index contributed by atoms with van der Waals surface area (Å²) in [7, 11) is -4.15. The van der Waals surface area contributed by atoms with Crippen molar-refractivity contribution in [3.63, 3.8) is 0 Å². The minimum absolute atomic E-state index is 0.0554. The predicted octanol–water partition coefficient (Wildman–Crippen LogP) is 6.44. The summed E-state index contributed by atoms with van der Waals surface area (Å²) in [6, 6.07) is 32.7. The summed E-state index contributed by atoms with van der Waals surface area (Å²) in [4.78, 5) is 29.2. The largest absolute Gasteiger partial charge is 0.457 e. The predicted molar refractivity (Wildman–Crippen MR) is 178 cm³/mol. The minimum Gasteiger partial charge on any atom is -0.457 e. The molecule has 0 saturated carbocycles. The van der Waals surface area contributed by atoms with E-state index in [1.54, 1.807) is 42.5 Å². The first-order valence-electron chi connectivity index (χ1n) is 15.3. The molecule has 0 bridgehead atoms. The van der Waals surface area contributed by atoms with E-state index in [1.807, 2.05) is 81.4 Å². The monoisotopic (exact) mass is 627 g/mol. The third-order valence-electron chi connectivity index (χ3n) is 7.58. The van der Waals surface area contributed by atoms with Crippen LogP contribution in [0.15, 0.2) is 120 Å². The maximum Gasteiger partial charge on any atom is 0.264 e. The standard InChI is InChI=1S/C36H41N3O5S/c1-4-28(3)37-36(41)34(5-2)38(26-25-29-15-9-6-10-16-29)35(40)27-39(45(42,43)33-19-13-8-14-20-33)30-21-23-32(24-22-30)44-31-17-11-7-12-18-31/h6-24,28,34H,4-5,25-27H2,1-3H3,(H,37,41)/t28-,34+/m0/s1. The SMILES string of the molecule is CC[C@H](C(=O)N[C@@H](C)CC)N(CCc1ccccc1)C(=O)CN(c1ccc(Oc2ccccc2)cc1)S(=O)(=O)c1ccccc1. The molecule has 0 aliphatic heterocycles. The van der Waals surface area contributed by atoms with Crippen molar-refractivity contribution >= 4 is 27.5 Å². The highest BCUT2D eigenvalue weighted by Crippen LogP contribution is 2.28. The Labute approximate surface area is 266 Å². The first kappa shape index (κ1) is 33.3. The summed E-state index contributed by atoms with van der Waals surface area (Å²) in [5.41, 5.74) is 1.31. The molecule has 45 heavy (non-hydrogen) atoms. The quantitative estimate of drug-likeness (QED) is 0.164. The number of nitrogens with zero attached hydrogens (tertiary/aromatic N) is 2. The van der Waals surface area contributed by atoms with Gasteiger partial charge in [-0.3, -0.25) is 13.9 Å². The molecule has 0 saturated heterocycles. The summed E-state index contributed by atoms with van der Waals surface area (Å²) in [6.45, 7) is 5.51. The van der Waals surface area contributed by atoms with Gasteiger partial charge in [0, 0.05) is 12.6 Å². The molecule has 0 aliphatic carbocycles. The minimum atomic E-state index is -4.15. The van der Waals surface area contributed by atoms with Gasteiger partial charge in [0.05, 0.1) is 10.6 Å². The molecule has 4 rings (SSSR count). The molecule has 4 aromatic carbocycles. The van der Waals surface area contributed by atoms with E-state index < -0.39 is 28.5 Å². The van der Waals surface area contributed by atoms with Crippen molar-refractivity contribution in [1.29, 1.82) is 0 Å². The molecule has 0 heterocycles. The maximum absolute atomic E-state index is 14.2. The van der Waals surface area contributed by atoms with Gasteiger partial charge in [0.15, 0.2) is 0 Å². The Morgan fingerprint density at radius 2 is 1.31 bits per heavy atom. The van der Waals surface area contributed by atoms with E-state index in [0.29, 0.717) is 30.0 Å². The van der Waals surface area contributed by atoms with Crippen LogP contribution in [0.25, 0.3) is 0 Å². The van der Waals surface area contributed by atoms with Crippen LogP contribution >= 0.6 is 0 Å². The van der Waals surface area contributed by atoms with Crippen molar-refractivity contribution in [2.75, 3.05) is 17.4 Å². The van der Waals surface area contributed by atoms with E-state index in [1.165, 1.54) is 17.0 Å². The fourth-order valence-corrected chi connectivity index (χ4v) is 6.33. The van der Waals surface area contributed by atoms with Crippen molar-refractivity contribution < 1.29 is 22.7 Å². The van der Waals surface area contributed by atoms with Crippen molar-refractivity contribution in [1.82, 2.24) is 10.2 Å². The Morgan fingerprint density at radius 3 is 1.89 bits per heavy atom. The van der Waals surface area contributed by atoms with Crippen LogP contribution in [0.5, 0.6) is 11.5 Å². The van der Waals surface area contributed by atoms with Gasteiger partial charge in [-0.25, -0.2) is 8.42 Å². The van der Waals surface area contributed by atoms with Gasteiger partial charge in [0.1, 0.15) is 24.1 Å². The summed E-state index contributed by atoms with van der Waals surface area (Å²) in [5, 5.41) is 3.00. The second kappa shape index (κ2) is 15.9. The fourth-order valence-electron chi connectivity index (χ4n) is 4.89. The van der Waals surface area contributed by atoms with Gasteiger partial charge in [0.25, 0.3) is 10.0 Å². The number of nitrogens with one attached hydrogen (secondary N) is 1. The number of rotatable bonds is 15. The Kier molecular flexibility index (Phi) is 11.8. The number of hydrogen-bond acceptors (Lipinski definition) is 5. The summed E-state index contributed by atoms with van der Waals surface area (Å²) < 4.78 is 35.1. The first-order chi connectivity index (χ1) is 21.7. The van der Waals surface area contributed by atoms with Crippen LogP contribution in [0.3, 0.4) is 0 Å². The van der Waals surface area contributed by atoms with Crippen LogP contribution in [0.4, 0.5) is 5.69 Å². The fraction of sp³-hybridized carbons (Fsp3) is 0.278. The van der Waals surface area contributed by atoms with Crippen molar-refractivity contribution in [3.05, 3.63) is 121 Å². The highest BCUT2D eigenvalue weighted by molar-refractivity contribution is 7.92. The Hall–Kier alpha value is -4.63. The lowest BCUT2D eigenvalue weighted by molar-refractivity contribution is -0.139. The Balaban J connectivity index is 1.68. The lowest BCUT2D eigenvalue weighted by Gasteiger charge is -2.33. The third kappa shape index (κ3) is 8.95. The van der Waals surface area contributed by atoms with Crippen LogP contribution in [-0.2, 0) is 26.0 Å². The van der Waals surface area contributed by atoms with Gasteiger partial charge in [-0.2, -0.15) is 0 Å². The number of carbonyl (C=O) groups is 2. The number of carbonyl (C=O) groups excluding carboxylic acids is 2. The summed E-state index contributed by atoms with van der Waals surface area (Å²) in [5.74, 6) is 0.435. The van der Waals surface area contributed by atoms with Gasteiger partial charge in [-0.05, 0) is 80.3 Å². The lowest BCUT2D eigenvalue weighted by Crippen LogP contribution is -2.54. The molecule has 0 aliphatic rings. The van der Waals surface area contributed by atoms with Gasteiger partial charge < -0.3 is 15.0 Å². The van der Waals surface area contributed by atoms with Crippen molar-refractivity contribution in [2.45, 2.75) is 57.0 Å². The number of benzene rings is 4. The molecule has 236 valence electrons. The van der Waals surface area contributed by atoms with Crippen LogP contribution in [0.1, 0.15) is 39.2 Å². The molecule has 2 atom stereocenters. The maximum atomic E-state index is 14.2. The topological polar surface area (TPSA) is 96.0 Å². The van der Waals surface area contributed by atoms with E-state index >= 15 is 0 Å². The molecular weight excluding hydrogens is 586 g/mol. The van der Waals surface area contributed by atoms with E-state index in [4.69, 9.17) is 4.74 Å². The second-order valence-electron chi connectivity index (χ2n) is 10.8. The zero-order valence-electron chi connectivity index (χ0n) is 26.0. The Morgan fingerprint density at radius 1 is 0.756 bits per heavy atom. The molecular formula is C36H41N3O5S. The molecule has 1 N–H and O–H groups in total. The molecule has 0 aromatic heterocycles. The highest BCUT2D eigenvalue weighted by Gasteiger charge is 2.33. The molecule has 0 spiro atoms. The number of amides is 2. The number of anilines is 1. The molecule has 0 radical (unpaired) electrons. The smallest absolute Gasteiger partial charge is 0.264 e. The number of hydrogen-bond donors (Lipinski definition) is 1. The zero-order chi connectivity index (χ0) is 32.2. The van der Waals surface area contributed by atoms with Gasteiger partial charge in [0.2, 0.25) is 11.8 Å². The normalized spacial score (nSPS) is 12.5.